The Morgan fingerprint density at radius 2 is 1.53 bits per heavy atom. The molecule has 0 bridgehead atoms. The Hall–Kier alpha value is -1.64. The summed E-state index contributed by atoms with van der Waals surface area (Å²) in [6.07, 6.45) is 1.75. The normalized spacial score (nSPS) is 8.27. The first-order chi connectivity index (χ1) is 7.23. The number of ether oxygens (including phenoxy) is 3. The van der Waals surface area contributed by atoms with Gasteiger partial charge in [0.25, 0.3) is 0 Å². The van der Waals surface area contributed by atoms with E-state index in [1.165, 1.54) is 0 Å². The minimum absolute atomic E-state index is 0.678. The zero-order valence-corrected chi connectivity index (χ0v) is 9.74. The number of hydrogen-bond donors (Lipinski definition) is 0. The van der Waals surface area contributed by atoms with Crippen LogP contribution >= 0.6 is 0 Å². The van der Waals surface area contributed by atoms with E-state index in [0.717, 1.165) is 5.75 Å². The molecule has 15 heavy (non-hydrogen) atoms. The molecule has 1 aromatic carbocycles. The molecular formula is C12H18O3. The lowest BCUT2D eigenvalue weighted by atomic mass is 10.3. The molecule has 0 N–H and O–H groups in total. The van der Waals surface area contributed by atoms with Gasteiger partial charge in [-0.15, -0.1) is 6.58 Å². The number of benzene rings is 1. The Morgan fingerprint density at radius 1 is 1.00 bits per heavy atom. The second kappa shape index (κ2) is 7.74. The number of allylic oxidation sites excluding steroid dienone is 1. The molecule has 3 nitrogen and oxygen atoms in total. The average Bonchev–Trinajstić information content (AvgIpc) is 2.29. The maximum atomic E-state index is 5.07. The van der Waals surface area contributed by atoms with Gasteiger partial charge in [-0.05, 0) is 19.1 Å². The maximum absolute atomic E-state index is 5.07. The van der Waals surface area contributed by atoms with Crippen molar-refractivity contribution in [1.82, 2.24) is 0 Å². The highest BCUT2D eigenvalue weighted by atomic mass is 16.5. The fourth-order valence-electron chi connectivity index (χ4n) is 0.944. The van der Waals surface area contributed by atoms with Crippen molar-refractivity contribution in [2.45, 2.75) is 6.92 Å². The molecule has 0 atom stereocenters. The van der Waals surface area contributed by atoms with Gasteiger partial charge in [0.1, 0.15) is 5.75 Å². The van der Waals surface area contributed by atoms with E-state index in [2.05, 4.69) is 6.58 Å². The van der Waals surface area contributed by atoms with Crippen LogP contribution < -0.4 is 14.2 Å². The molecule has 0 aromatic heterocycles. The molecule has 0 aliphatic rings. The van der Waals surface area contributed by atoms with Gasteiger partial charge in [-0.1, -0.05) is 6.08 Å². The lowest BCUT2D eigenvalue weighted by molar-refractivity contribution is 0.349. The minimum Gasteiger partial charge on any atom is -0.497 e. The van der Waals surface area contributed by atoms with Crippen molar-refractivity contribution in [2.75, 3.05) is 21.3 Å². The lowest BCUT2D eigenvalue weighted by Crippen LogP contribution is -1.91. The first-order valence-electron chi connectivity index (χ1n) is 4.56. The van der Waals surface area contributed by atoms with Crippen molar-refractivity contribution in [2.24, 2.45) is 0 Å². The van der Waals surface area contributed by atoms with Gasteiger partial charge in [-0.2, -0.15) is 0 Å². The molecular weight excluding hydrogens is 192 g/mol. The molecule has 0 saturated carbocycles. The molecule has 1 aromatic rings. The van der Waals surface area contributed by atoms with E-state index >= 15 is 0 Å². The van der Waals surface area contributed by atoms with E-state index in [4.69, 9.17) is 14.2 Å². The largest absolute Gasteiger partial charge is 0.497 e. The Labute approximate surface area is 91.3 Å². The zero-order chi connectivity index (χ0) is 11.7. The molecule has 0 fully saturated rings. The van der Waals surface area contributed by atoms with E-state index in [9.17, 15) is 0 Å². The molecule has 0 unspecified atom stereocenters. The van der Waals surface area contributed by atoms with Gasteiger partial charge in [0.05, 0.1) is 21.3 Å². The lowest BCUT2D eigenvalue weighted by Gasteiger charge is -2.08. The van der Waals surface area contributed by atoms with E-state index in [0.29, 0.717) is 11.5 Å². The molecule has 0 aliphatic carbocycles. The molecule has 0 spiro atoms. The van der Waals surface area contributed by atoms with E-state index in [1.54, 1.807) is 39.5 Å². The van der Waals surface area contributed by atoms with Crippen molar-refractivity contribution in [1.29, 1.82) is 0 Å². The molecule has 0 aliphatic heterocycles. The topological polar surface area (TPSA) is 27.7 Å². The quantitative estimate of drug-likeness (QED) is 0.718. The third-order valence-corrected chi connectivity index (χ3v) is 1.59. The average molecular weight is 210 g/mol. The fraction of sp³-hybridized carbons (Fsp3) is 0.333. The third-order valence-electron chi connectivity index (χ3n) is 1.59. The molecule has 0 heterocycles. The van der Waals surface area contributed by atoms with Gasteiger partial charge in [0, 0.05) is 6.07 Å². The van der Waals surface area contributed by atoms with Crippen LogP contribution in [0.25, 0.3) is 0 Å². The summed E-state index contributed by atoms with van der Waals surface area (Å²) in [5.41, 5.74) is 0. The molecule has 1 rings (SSSR count). The van der Waals surface area contributed by atoms with Gasteiger partial charge in [-0.25, -0.2) is 0 Å². The van der Waals surface area contributed by atoms with Gasteiger partial charge in [0.15, 0.2) is 11.5 Å². The molecule has 0 saturated heterocycles. The minimum atomic E-state index is 0.678. The zero-order valence-electron chi connectivity index (χ0n) is 9.74. The van der Waals surface area contributed by atoms with Crippen LogP contribution in [0.1, 0.15) is 6.92 Å². The van der Waals surface area contributed by atoms with Gasteiger partial charge >= 0.3 is 0 Å². The smallest absolute Gasteiger partial charge is 0.164 e. The van der Waals surface area contributed by atoms with Gasteiger partial charge < -0.3 is 14.2 Å². The summed E-state index contributed by atoms with van der Waals surface area (Å²) >= 11 is 0. The van der Waals surface area contributed by atoms with Crippen molar-refractivity contribution < 1.29 is 14.2 Å². The third kappa shape index (κ3) is 4.40. The van der Waals surface area contributed by atoms with E-state index in [1.807, 2.05) is 13.0 Å². The Morgan fingerprint density at radius 3 is 1.93 bits per heavy atom. The maximum Gasteiger partial charge on any atom is 0.164 e. The predicted molar refractivity (Wildman–Crippen MR) is 62.0 cm³/mol. The van der Waals surface area contributed by atoms with Crippen LogP contribution in [0.15, 0.2) is 30.9 Å². The van der Waals surface area contributed by atoms with Crippen LogP contribution in [-0.4, -0.2) is 21.3 Å². The summed E-state index contributed by atoms with van der Waals surface area (Å²) < 4.78 is 15.1. The van der Waals surface area contributed by atoms with Gasteiger partial charge in [0.2, 0.25) is 0 Å². The summed E-state index contributed by atoms with van der Waals surface area (Å²) in [4.78, 5) is 0. The summed E-state index contributed by atoms with van der Waals surface area (Å²) in [6, 6.07) is 5.40. The van der Waals surface area contributed by atoms with Crippen molar-refractivity contribution in [3.63, 3.8) is 0 Å². The van der Waals surface area contributed by atoms with Gasteiger partial charge in [-0.3, -0.25) is 0 Å². The van der Waals surface area contributed by atoms with Crippen molar-refractivity contribution in [3.05, 3.63) is 30.9 Å². The first kappa shape index (κ1) is 13.4. The van der Waals surface area contributed by atoms with Crippen LogP contribution in [0.3, 0.4) is 0 Å². The summed E-state index contributed by atoms with van der Waals surface area (Å²) in [5.74, 6) is 2.14. The molecule has 0 radical (unpaired) electrons. The summed E-state index contributed by atoms with van der Waals surface area (Å²) in [6.45, 7) is 5.25. The number of methoxy groups -OCH3 is 3. The van der Waals surface area contributed by atoms with Crippen LogP contribution in [0.5, 0.6) is 17.2 Å². The van der Waals surface area contributed by atoms with Crippen molar-refractivity contribution in [3.8, 4) is 17.2 Å². The second-order valence-electron chi connectivity index (χ2n) is 2.63. The Kier molecular flexibility index (Phi) is 6.89. The SMILES string of the molecule is C=CC.COc1ccc(OC)c(OC)c1. The summed E-state index contributed by atoms with van der Waals surface area (Å²) in [7, 11) is 4.81. The molecule has 0 amide bonds. The Balaban J connectivity index is 0.000000583. The second-order valence-corrected chi connectivity index (χ2v) is 2.63. The van der Waals surface area contributed by atoms with Crippen LogP contribution in [0.2, 0.25) is 0 Å². The monoisotopic (exact) mass is 210 g/mol. The number of rotatable bonds is 3. The van der Waals surface area contributed by atoms with E-state index in [-0.39, 0.29) is 0 Å². The molecule has 84 valence electrons. The highest BCUT2D eigenvalue weighted by molar-refractivity contribution is 5.45. The van der Waals surface area contributed by atoms with Crippen LogP contribution in [0, 0.1) is 0 Å². The summed E-state index contributed by atoms with van der Waals surface area (Å²) in [5, 5.41) is 0. The Bertz CT molecular complexity index is 295. The standard InChI is InChI=1S/C9H12O3.C3H6/c1-10-7-4-5-8(11-2)9(6-7)12-3;1-3-2/h4-6H,1-3H3;3H,1H2,2H3. The van der Waals surface area contributed by atoms with Crippen LogP contribution in [-0.2, 0) is 0 Å². The van der Waals surface area contributed by atoms with Crippen molar-refractivity contribution >= 4 is 0 Å². The first-order valence-corrected chi connectivity index (χ1v) is 4.56. The van der Waals surface area contributed by atoms with E-state index < -0.39 is 0 Å². The highest BCUT2D eigenvalue weighted by Gasteiger charge is 2.03. The fourth-order valence-corrected chi connectivity index (χ4v) is 0.944. The highest BCUT2D eigenvalue weighted by Crippen LogP contribution is 2.30. The van der Waals surface area contributed by atoms with Crippen LogP contribution in [0.4, 0.5) is 0 Å². The molecule has 3 heteroatoms. The predicted octanol–water partition coefficient (Wildman–Crippen LogP) is 2.90. The number of hydrogen-bond acceptors (Lipinski definition) is 3.